The molecule has 1 N–H and O–H groups in total. The van der Waals surface area contributed by atoms with Crippen LogP contribution in [0.1, 0.15) is 31.2 Å². The summed E-state index contributed by atoms with van der Waals surface area (Å²) in [6.45, 7) is 0. The summed E-state index contributed by atoms with van der Waals surface area (Å²) in [4.78, 5) is 12.2. The highest BCUT2D eigenvalue weighted by atomic mass is 32.1. The average Bonchev–Trinajstić information content (AvgIpc) is 2.98. The minimum absolute atomic E-state index is 0.0106. The zero-order valence-corrected chi connectivity index (χ0v) is 11.0. The zero-order valence-electron chi connectivity index (χ0n) is 10.2. The Hall–Kier alpha value is -1.19. The van der Waals surface area contributed by atoms with Crippen molar-refractivity contribution < 1.29 is 9.90 Å². The van der Waals surface area contributed by atoms with Crippen LogP contribution in [-0.2, 0) is 11.2 Å². The Bertz CT molecular complexity index is 579. The number of carbonyl (C=O) groups is 1. The number of Topliss-reactive ketones (excluding diaryl/α,β-unsaturated/α-hetero) is 1. The van der Waals surface area contributed by atoms with Crippen molar-refractivity contribution in [3.63, 3.8) is 0 Å². The lowest BCUT2D eigenvalue weighted by molar-refractivity contribution is -0.135. The van der Waals surface area contributed by atoms with Crippen LogP contribution in [0, 0.1) is 0 Å². The van der Waals surface area contributed by atoms with Gasteiger partial charge in [-0.1, -0.05) is 18.2 Å². The first-order chi connectivity index (χ1) is 8.69. The van der Waals surface area contributed by atoms with Gasteiger partial charge in [-0.25, -0.2) is 0 Å². The number of rotatable bonds is 3. The van der Waals surface area contributed by atoms with Gasteiger partial charge < -0.3 is 5.11 Å². The minimum Gasteiger partial charge on any atom is -0.382 e. The van der Waals surface area contributed by atoms with Gasteiger partial charge in [-0.05, 0) is 48.1 Å². The maximum absolute atomic E-state index is 12.2. The highest BCUT2D eigenvalue weighted by Gasteiger charge is 2.38. The Labute approximate surface area is 110 Å². The van der Waals surface area contributed by atoms with Gasteiger partial charge in [0.15, 0.2) is 5.78 Å². The molecule has 0 radical (unpaired) electrons. The van der Waals surface area contributed by atoms with E-state index in [1.807, 2.05) is 23.6 Å². The first-order valence-electron chi connectivity index (χ1n) is 6.40. The van der Waals surface area contributed by atoms with Crippen LogP contribution in [-0.4, -0.2) is 16.5 Å². The Balaban J connectivity index is 1.86. The fraction of sp³-hybridized carbons (Fsp3) is 0.400. The number of fused-ring (bicyclic) bond motifs is 1. The van der Waals surface area contributed by atoms with Gasteiger partial charge in [-0.3, -0.25) is 4.79 Å². The van der Waals surface area contributed by atoms with Crippen LogP contribution in [0.25, 0.3) is 10.1 Å². The van der Waals surface area contributed by atoms with E-state index in [2.05, 4.69) is 6.07 Å². The van der Waals surface area contributed by atoms with Crippen molar-refractivity contribution in [3.8, 4) is 0 Å². The number of aliphatic hydroxyl groups is 1. The molecule has 18 heavy (non-hydrogen) atoms. The van der Waals surface area contributed by atoms with E-state index in [1.165, 1.54) is 4.70 Å². The molecule has 1 aromatic heterocycles. The summed E-state index contributed by atoms with van der Waals surface area (Å²) in [6, 6.07) is 8.12. The second kappa shape index (κ2) is 4.48. The molecule has 1 saturated carbocycles. The number of thiophene rings is 1. The van der Waals surface area contributed by atoms with Crippen LogP contribution in [0.4, 0.5) is 0 Å². The lowest BCUT2D eigenvalue weighted by Gasteiger charge is -2.19. The Morgan fingerprint density at radius 3 is 2.78 bits per heavy atom. The van der Waals surface area contributed by atoms with Gasteiger partial charge in [0.1, 0.15) is 5.60 Å². The Morgan fingerprint density at radius 1 is 1.28 bits per heavy atom. The molecule has 2 aromatic rings. The molecule has 1 heterocycles. The van der Waals surface area contributed by atoms with E-state index in [0.29, 0.717) is 19.3 Å². The lowest BCUT2D eigenvalue weighted by atomic mass is 9.92. The van der Waals surface area contributed by atoms with Gasteiger partial charge in [0, 0.05) is 11.1 Å². The van der Waals surface area contributed by atoms with E-state index in [1.54, 1.807) is 11.3 Å². The van der Waals surface area contributed by atoms with Crippen molar-refractivity contribution in [2.45, 2.75) is 37.7 Å². The first kappa shape index (κ1) is 11.9. The molecule has 1 aromatic carbocycles. The summed E-state index contributed by atoms with van der Waals surface area (Å²) >= 11 is 1.66. The summed E-state index contributed by atoms with van der Waals surface area (Å²) in [5.41, 5.74) is 0.00387. The predicted molar refractivity (Wildman–Crippen MR) is 74.0 cm³/mol. The molecule has 1 aliphatic rings. The second-order valence-corrected chi connectivity index (χ2v) is 6.01. The van der Waals surface area contributed by atoms with Crippen LogP contribution < -0.4 is 0 Å². The summed E-state index contributed by atoms with van der Waals surface area (Å²) in [5.74, 6) is -0.0106. The molecular formula is C15H16O2S. The number of hydrogen-bond acceptors (Lipinski definition) is 3. The normalized spacial score (nSPS) is 18.3. The molecule has 0 unspecified atom stereocenters. The first-order valence-corrected chi connectivity index (χ1v) is 7.28. The van der Waals surface area contributed by atoms with E-state index in [4.69, 9.17) is 0 Å². The highest BCUT2D eigenvalue weighted by molar-refractivity contribution is 7.17. The molecule has 0 spiro atoms. The lowest BCUT2D eigenvalue weighted by Crippen LogP contribution is -2.36. The fourth-order valence-corrected chi connectivity index (χ4v) is 3.71. The molecular weight excluding hydrogens is 244 g/mol. The molecule has 1 fully saturated rings. The van der Waals surface area contributed by atoms with Gasteiger partial charge in [-0.15, -0.1) is 11.3 Å². The largest absolute Gasteiger partial charge is 0.382 e. The highest BCUT2D eigenvalue weighted by Crippen LogP contribution is 2.33. The number of carbonyl (C=O) groups excluding carboxylic acids is 1. The minimum atomic E-state index is -1.05. The van der Waals surface area contributed by atoms with Gasteiger partial charge >= 0.3 is 0 Å². The molecule has 1 aliphatic carbocycles. The quantitative estimate of drug-likeness (QED) is 0.919. The molecule has 3 rings (SSSR count). The summed E-state index contributed by atoms with van der Waals surface area (Å²) < 4.78 is 1.21. The standard InChI is InChI=1S/C15H16O2S/c16-14(15(17)7-3-4-8-15)9-11-10-18-13-6-2-1-5-12(11)13/h1-2,5-6,10,17H,3-4,7-9H2. The maximum Gasteiger partial charge on any atom is 0.168 e. The smallest absolute Gasteiger partial charge is 0.168 e. The Kier molecular flexibility index (Phi) is 2.96. The van der Waals surface area contributed by atoms with E-state index in [-0.39, 0.29) is 5.78 Å². The maximum atomic E-state index is 12.2. The molecule has 0 bridgehead atoms. The van der Waals surface area contributed by atoms with Crippen molar-refractivity contribution in [1.82, 2.24) is 0 Å². The molecule has 0 atom stereocenters. The fourth-order valence-electron chi connectivity index (χ4n) is 2.75. The van der Waals surface area contributed by atoms with Gasteiger partial charge in [0.25, 0.3) is 0 Å². The van der Waals surface area contributed by atoms with Crippen molar-refractivity contribution in [2.24, 2.45) is 0 Å². The molecule has 2 nitrogen and oxygen atoms in total. The van der Waals surface area contributed by atoms with E-state index in [0.717, 1.165) is 23.8 Å². The van der Waals surface area contributed by atoms with Gasteiger partial charge in [-0.2, -0.15) is 0 Å². The predicted octanol–water partition coefficient (Wildman–Crippen LogP) is 3.32. The third-order valence-corrected chi connectivity index (χ3v) is 4.87. The van der Waals surface area contributed by atoms with Crippen LogP contribution in [0.15, 0.2) is 29.6 Å². The number of ketones is 1. The van der Waals surface area contributed by atoms with Crippen molar-refractivity contribution in [1.29, 1.82) is 0 Å². The van der Waals surface area contributed by atoms with Gasteiger partial charge in [0.2, 0.25) is 0 Å². The Morgan fingerprint density at radius 2 is 2.00 bits per heavy atom. The topological polar surface area (TPSA) is 37.3 Å². The van der Waals surface area contributed by atoms with E-state index >= 15 is 0 Å². The molecule has 94 valence electrons. The molecule has 0 aliphatic heterocycles. The van der Waals surface area contributed by atoms with E-state index < -0.39 is 5.60 Å². The number of hydrogen-bond donors (Lipinski definition) is 1. The second-order valence-electron chi connectivity index (χ2n) is 5.10. The van der Waals surface area contributed by atoms with E-state index in [9.17, 15) is 9.90 Å². The van der Waals surface area contributed by atoms with Crippen LogP contribution in [0.5, 0.6) is 0 Å². The van der Waals surface area contributed by atoms with Crippen LogP contribution in [0.2, 0.25) is 0 Å². The summed E-state index contributed by atoms with van der Waals surface area (Å²) in [6.07, 6.45) is 3.56. The molecule has 3 heteroatoms. The monoisotopic (exact) mass is 260 g/mol. The third kappa shape index (κ3) is 1.98. The SMILES string of the molecule is O=C(Cc1csc2ccccc12)C1(O)CCCC1. The van der Waals surface area contributed by atoms with Crippen LogP contribution in [0.3, 0.4) is 0 Å². The summed E-state index contributed by atoms with van der Waals surface area (Å²) in [7, 11) is 0. The molecule has 0 amide bonds. The van der Waals surface area contributed by atoms with Crippen LogP contribution >= 0.6 is 11.3 Å². The van der Waals surface area contributed by atoms with Gasteiger partial charge in [0.05, 0.1) is 0 Å². The number of benzene rings is 1. The molecule has 0 saturated heterocycles. The summed E-state index contributed by atoms with van der Waals surface area (Å²) in [5, 5.41) is 13.5. The zero-order chi connectivity index (χ0) is 12.6. The average molecular weight is 260 g/mol. The third-order valence-electron chi connectivity index (χ3n) is 3.86. The van der Waals surface area contributed by atoms with Crippen molar-refractivity contribution in [3.05, 3.63) is 35.2 Å². The van der Waals surface area contributed by atoms with Crippen molar-refractivity contribution >= 4 is 27.2 Å². The van der Waals surface area contributed by atoms with Crippen molar-refractivity contribution in [2.75, 3.05) is 0 Å².